The van der Waals surface area contributed by atoms with Crippen LogP contribution in [0.25, 0.3) is 5.69 Å². The molecule has 0 spiro atoms. The normalized spacial score (nSPS) is 12.4. The number of rotatable bonds is 4. The van der Waals surface area contributed by atoms with E-state index in [4.69, 9.17) is 23.1 Å². The topological polar surface area (TPSA) is 86.9 Å². The number of carbonyl (C=O) groups excluding carboxylic acids is 1. The molecule has 19 heavy (non-hydrogen) atoms. The van der Waals surface area contributed by atoms with Crippen molar-refractivity contribution >= 4 is 17.5 Å². The lowest BCUT2D eigenvalue weighted by Gasteiger charge is -2.09. The zero-order valence-corrected chi connectivity index (χ0v) is 11.3. The quantitative estimate of drug-likeness (QED) is 0.889. The zero-order valence-electron chi connectivity index (χ0n) is 10.5. The molecule has 0 fully saturated rings. The Kier molecular flexibility index (Phi) is 3.87. The van der Waals surface area contributed by atoms with Crippen molar-refractivity contribution < 1.29 is 4.79 Å². The summed E-state index contributed by atoms with van der Waals surface area (Å²) in [7, 11) is 0. The Morgan fingerprint density at radius 3 is 2.74 bits per heavy atom. The number of amides is 1. The summed E-state index contributed by atoms with van der Waals surface area (Å²) in [5, 5.41) is 4.62. The number of nitrogens with zero attached hydrogens (tertiary/aromatic N) is 2. The Labute approximate surface area is 116 Å². The summed E-state index contributed by atoms with van der Waals surface area (Å²) in [5.41, 5.74) is 12.9. The van der Waals surface area contributed by atoms with Crippen LogP contribution in [0, 0.1) is 0 Å². The van der Waals surface area contributed by atoms with Crippen LogP contribution in [-0.2, 0) is 6.42 Å². The predicted molar refractivity (Wildman–Crippen MR) is 74.4 cm³/mol. The molecule has 0 radical (unpaired) electrons. The van der Waals surface area contributed by atoms with Gasteiger partial charge in [0.25, 0.3) is 5.91 Å². The van der Waals surface area contributed by atoms with E-state index in [0.29, 0.717) is 10.7 Å². The average Bonchev–Trinajstić information content (AvgIpc) is 2.77. The summed E-state index contributed by atoms with van der Waals surface area (Å²) in [5.74, 6) is -0.566. The molecule has 1 heterocycles. The first kappa shape index (κ1) is 13.6. The molecule has 4 N–H and O–H groups in total. The maximum Gasteiger partial charge on any atom is 0.269 e. The van der Waals surface area contributed by atoms with Crippen LogP contribution >= 0.6 is 11.6 Å². The number of primary amides is 1. The summed E-state index contributed by atoms with van der Waals surface area (Å²) >= 11 is 6.22. The largest absolute Gasteiger partial charge is 0.364 e. The summed E-state index contributed by atoms with van der Waals surface area (Å²) in [4.78, 5) is 11.0. The summed E-state index contributed by atoms with van der Waals surface area (Å²) in [6, 6.07) is 7.27. The Balaban J connectivity index is 2.32. The van der Waals surface area contributed by atoms with Crippen molar-refractivity contribution in [3.63, 3.8) is 0 Å². The SMILES string of the molecule is CC(N)Cc1ccc(-n2ccc(C(N)=O)n2)c(Cl)c1. The number of hydrogen-bond donors (Lipinski definition) is 2. The predicted octanol–water partition coefficient (Wildman–Crippen LogP) is 1.51. The van der Waals surface area contributed by atoms with Crippen LogP contribution in [-0.4, -0.2) is 21.7 Å². The van der Waals surface area contributed by atoms with E-state index in [1.54, 1.807) is 12.3 Å². The highest BCUT2D eigenvalue weighted by Crippen LogP contribution is 2.22. The van der Waals surface area contributed by atoms with Crippen LogP contribution in [0.15, 0.2) is 30.5 Å². The molecule has 1 aromatic carbocycles. The number of carbonyl (C=O) groups is 1. The van der Waals surface area contributed by atoms with Crippen molar-refractivity contribution in [2.45, 2.75) is 19.4 Å². The number of aromatic nitrogens is 2. The molecule has 1 aromatic heterocycles. The Morgan fingerprint density at radius 2 is 2.21 bits per heavy atom. The number of halogens is 1. The molecule has 100 valence electrons. The van der Waals surface area contributed by atoms with Crippen LogP contribution in [0.3, 0.4) is 0 Å². The van der Waals surface area contributed by atoms with E-state index < -0.39 is 5.91 Å². The molecule has 6 heteroatoms. The smallest absolute Gasteiger partial charge is 0.269 e. The van der Waals surface area contributed by atoms with Gasteiger partial charge in [0.05, 0.1) is 10.7 Å². The molecular formula is C13H15ClN4O. The molecule has 1 atom stereocenters. The molecule has 0 aliphatic carbocycles. The standard InChI is InChI=1S/C13H15ClN4O/c1-8(15)6-9-2-3-12(10(14)7-9)18-5-4-11(17-18)13(16)19/h2-5,7-8H,6,15H2,1H3,(H2,16,19). The summed E-state index contributed by atoms with van der Waals surface area (Å²) in [6.07, 6.45) is 2.40. The van der Waals surface area contributed by atoms with Crippen LogP contribution in [0.2, 0.25) is 5.02 Å². The van der Waals surface area contributed by atoms with Crippen LogP contribution in [0.1, 0.15) is 23.0 Å². The maximum atomic E-state index is 11.0. The highest BCUT2D eigenvalue weighted by Gasteiger charge is 2.09. The van der Waals surface area contributed by atoms with E-state index in [1.165, 1.54) is 4.68 Å². The van der Waals surface area contributed by atoms with Crippen molar-refractivity contribution in [1.82, 2.24) is 9.78 Å². The first-order valence-corrected chi connectivity index (χ1v) is 6.25. The fourth-order valence-corrected chi connectivity index (χ4v) is 2.11. The number of hydrogen-bond acceptors (Lipinski definition) is 3. The molecule has 2 rings (SSSR count). The van der Waals surface area contributed by atoms with Gasteiger partial charge in [-0.3, -0.25) is 4.79 Å². The van der Waals surface area contributed by atoms with E-state index in [2.05, 4.69) is 5.10 Å². The summed E-state index contributed by atoms with van der Waals surface area (Å²) < 4.78 is 1.53. The number of nitrogens with two attached hydrogens (primary N) is 2. The highest BCUT2D eigenvalue weighted by atomic mass is 35.5. The van der Waals surface area contributed by atoms with Gasteiger partial charge in [-0.05, 0) is 37.1 Å². The first-order chi connectivity index (χ1) is 8.97. The monoisotopic (exact) mass is 278 g/mol. The van der Waals surface area contributed by atoms with Crippen LogP contribution < -0.4 is 11.5 Å². The van der Waals surface area contributed by atoms with E-state index in [0.717, 1.165) is 12.0 Å². The molecule has 1 unspecified atom stereocenters. The second-order valence-electron chi connectivity index (χ2n) is 4.48. The molecule has 0 aliphatic rings. The second kappa shape index (κ2) is 5.42. The van der Waals surface area contributed by atoms with E-state index in [9.17, 15) is 4.79 Å². The minimum atomic E-state index is -0.566. The van der Waals surface area contributed by atoms with Gasteiger partial charge in [0.2, 0.25) is 0 Å². The van der Waals surface area contributed by atoms with Crippen molar-refractivity contribution in [2.75, 3.05) is 0 Å². The lowest BCUT2D eigenvalue weighted by Crippen LogP contribution is -2.17. The Bertz CT molecular complexity index is 606. The van der Waals surface area contributed by atoms with E-state index in [1.807, 2.05) is 25.1 Å². The summed E-state index contributed by atoms with van der Waals surface area (Å²) in [6.45, 7) is 1.94. The van der Waals surface area contributed by atoms with Gasteiger partial charge < -0.3 is 11.5 Å². The van der Waals surface area contributed by atoms with Gasteiger partial charge in [-0.25, -0.2) is 4.68 Å². The van der Waals surface area contributed by atoms with Gasteiger partial charge in [-0.15, -0.1) is 0 Å². The third-order valence-corrected chi connectivity index (χ3v) is 2.96. The van der Waals surface area contributed by atoms with Crippen LogP contribution in [0.4, 0.5) is 0 Å². The first-order valence-electron chi connectivity index (χ1n) is 5.87. The Hall–Kier alpha value is -1.85. The van der Waals surface area contributed by atoms with Gasteiger partial charge in [0.1, 0.15) is 5.69 Å². The fraction of sp³-hybridized carbons (Fsp3) is 0.231. The van der Waals surface area contributed by atoms with E-state index >= 15 is 0 Å². The highest BCUT2D eigenvalue weighted by molar-refractivity contribution is 6.32. The minimum absolute atomic E-state index is 0.0769. The van der Waals surface area contributed by atoms with Gasteiger partial charge in [-0.2, -0.15) is 5.10 Å². The van der Waals surface area contributed by atoms with Gasteiger partial charge in [0.15, 0.2) is 0 Å². The maximum absolute atomic E-state index is 11.0. The van der Waals surface area contributed by atoms with Crippen molar-refractivity contribution in [1.29, 1.82) is 0 Å². The molecule has 0 saturated heterocycles. The van der Waals surface area contributed by atoms with Gasteiger partial charge in [-0.1, -0.05) is 17.7 Å². The molecule has 2 aromatic rings. The third-order valence-electron chi connectivity index (χ3n) is 2.66. The third kappa shape index (κ3) is 3.13. The zero-order chi connectivity index (χ0) is 14.0. The molecule has 0 bridgehead atoms. The lowest BCUT2D eigenvalue weighted by molar-refractivity contribution is 0.0995. The molecule has 0 aliphatic heterocycles. The number of benzene rings is 1. The van der Waals surface area contributed by atoms with E-state index in [-0.39, 0.29) is 11.7 Å². The Morgan fingerprint density at radius 1 is 1.47 bits per heavy atom. The molecule has 1 amide bonds. The van der Waals surface area contributed by atoms with Crippen molar-refractivity contribution in [2.24, 2.45) is 11.5 Å². The van der Waals surface area contributed by atoms with Gasteiger partial charge in [0, 0.05) is 12.2 Å². The fourth-order valence-electron chi connectivity index (χ4n) is 1.82. The van der Waals surface area contributed by atoms with Gasteiger partial charge >= 0.3 is 0 Å². The van der Waals surface area contributed by atoms with Crippen molar-refractivity contribution in [3.8, 4) is 5.69 Å². The second-order valence-corrected chi connectivity index (χ2v) is 4.88. The lowest BCUT2D eigenvalue weighted by atomic mass is 10.1. The van der Waals surface area contributed by atoms with Crippen LogP contribution in [0.5, 0.6) is 0 Å². The molecular weight excluding hydrogens is 264 g/mol. The minimum Gasteiger partial charge on any atom is -0.364 e. The average molecular weight is 279 g/mol. The van der Waals surface area contributed by atoms with Crippen molar-refractivity contribution in [3.05, 3.63) is 46.7 Å². The molecule has 0 saturated carbocycles. The molecule has 5 nitrogen and oxygen atoms in total.